The van der Waals surface area contributed by atoms with Crippen LogP contribution < -0.4 is 4.72 Å². The second-order valence-corrected chi connectivity index (χ2v) is 7.96. The van der Waals surface area contributed by atoms with Gasteiger partial charge >= 0.3 is 0 Å². The first kappa shape index (κ1) is 18.1. The van der Waals surface area contributed by atoms with E-state index in [4.69, 9.17) is 0 Å². The van der Waals surface area contributed by atoms with Gasteiger partial charge in [-0.05, 0) is 50.5 Å². The zero-order chi connectivity index (χ0) is 18.6. The Morgan fingerprint density at radius 1 is 1.08 bits per heavy atom. The molecule has 3 aromatic rings. The van der Waals surface area contributed by atoms with Crippen LogP contribution in [0.25, 0.3) is 10.9 Å². The van der Waals surface area contributed by atoms with Crippen molar-refractivity contribution in [2.75, 3.05) is 4.72 Å². The summed E-state index contributed by atoms with van der Waals surface area (Å²) < 4.78 is 28.1. The van der Waals surface area contributed by atoms with Gasteiger partial charge in [-0.2, -0.15) is 0 Å². The number of hydrogen-bond donors (Lipinski definition) is 1. The molecule has 0 amide bonds. The van der Waals surface area contributed by atoms with Crippen LogP contribution in [-0.4, -0.2) is 13.4 Å². The van der Waals surface area contributed by atoms with Gasteiger partial charge in [0.25, 0.3) is 10.0 Å². The van der Waals surface area contributed by atoms with Gasteiger partial charge in [0.05, 0.1) is 16.1 Å². The van der Waals surface area contributed by atoms with Gasteiger partial charge < -0.3 is 0 Å². The van der Waals surface area contributed by atoms with Crippen LogP contribution in [0.1, 0.15) is 24.1 Å². The molecule has 1 N–H and O–H groups in total. The van der Waals surface area contributed by atoms with Gasteiger partial charge in [-0.15, -0.1) is 6.58 Å². The molecular weight excluding hydrogens is 344 g/mol. The van der Waals surface area contributed by atoms with E-state index < -0.39 is 10.0 Å². The van der Waals surface area contributed by atoms with Gasteiger partial charge in [-0.1, -0.05) is 42.0 Å². The first-order valence-corrected chi connectivity index (χ1v) is 10.1. The highest BCUT2D eigenvalue weighted by Crippen LogP contribution is 2.25. The Kier molecular flexibility index (Phi) is 5.38. The molecule has 1 aromatic heterocycles. The van der Waals surface area contributed by atoms with E-state index in [0.717, 1.165) is 35.9 Å². The third-order valence-corrected chi connectivity index (χ3v) is 5.58. The molecule has 0 saturated carbocycles. The second kappa shape index (κ2) is 7.70. The van der Waals surface area contributed by atoms with Crippen molar-refractivity contribution < 1.29 is 8.42 Å². The van der Waals surface area contributed by atoms with Crippen LogP contribution >= 0.6 is 0 Å². The normalized spacial score (nSPS) is 11.4. The molecule has 0 aliphatic heterocycles. The molecule has 5 heteroatoms. The van der Waals surface area contributed by atoms with Crippen molar-refractivity contribution in [2.24, 2.45) is 0 Å². The molecule has 0 aliphatic rings. The van der Waals surface area contributed by atoms with Crippen molar-refractivity contribution in [3.63, 3.8) is 0 Å². The molecule has 0 radical (unpaired) electrons. The molecule has 0 saturated heterocycles. The molecule has 134 valence electrons. The number of unbranched alkanes of at least 4 members (excludes halogenated alkanes) is 1. The zero-order valence-corrected chi connectivity index (χ0v) is 15.6. The molecule has 0 fully saturated rings. The predicted molar refractivity (Wildman–Crippen MR) is 107 cm³/mol. The molecular formula is C21H22N2O2S. The number of benzene rings is 2. The molecule has 3 rings (SSSR count). The van der Waals surface area contributed by atoms with Crippen LogP contribution in [-0.2, 0) is 16.4 Å². The smallest absolute Gasteiger partial charge is 0.261 e. The quantitative estimate of drug-likeness (QED) is 0.480. The van der Waals surface area contributed by atoms with Gasteiger partial charge in [-0.25, -0.2) is 8.42 Å². The average Bonchev–Trinajstić information content (AvgIpc) is 2.62. The summed E-state index contributed by atoms with van der Waals surface area (Å²) in [6.45, 7) is 5.66. The molecule has 2 aromatic carbocycles. The maximum Gasteiger partial charge on any atom is 0.261 e. The zero-order valence-electron chi connectivity index (χ0n) is 14.8. The van der Waals surface area contributed by atoms with Crippen LogP contribution in [0, 0.1) is 6.92 Å². The molecule has 4 nitrogen and oxygen atoms in total. The highest BCUT2D eigenvalue weighted by atomic mass is 32.2. The predicted octanol–water partition coefficient (Wildman–Crippen LogP) is 4.85. The lowest BCUT2D eigenvalue weighted by atomic mass is 10.1. The Balaban J connectivity index is 1.94. The summed E-state index contributed by atoms with van der Waals surface area (Å²) in [5.74, 6) is 0. The number of para-hydroxylation sites is 1. The van der Waals surface area contributed by atoms with Gasteiger partial charge in [0.1, 0.15) is 0 Å². The number of aromatic nitrogens is 1. The fourth-order valence-electron chi connectivity index (χ4n) is 2.76. The van der Waals surface area contributed by atoms with E-state index in [9.17, 15) is 8.42 Å². The summed E-state index contributed by atoms with van der Waals surface area (Å²) in [6, 6.07) is 16.3. The van der Waals surface area contributed by atoms with Gasteiger partial charge in [0.15, 0.2) is 0 Å². The van der Waals surface area contributed by atoms with Gasteiger partial charge in [0, 0.05) is 11.1 Å². The molecule has 1 heterocycles. The monoisotopic (exact) mass is 366 g/mol. The van der Waals surface area contributed by atoms with Crippen molar-refractivity contribution in [2.45, 2.75) is 31.1 Å². The van der Waals surface area contributed by atoms with Crippen LogP contribution in [0.15, 0.2) is 72.1 Å². The largest absolute Gasteiger partial charge is 0.277 e. The van der Waals surface area contributed by atoms with Gasteiger partial charge in [-0.3, -0.25) is 9.71 Å². The number of hydrogen-bond acceptors (Lipinski definition) is 3. The van der Waals surface area contributed by atoms with Crippen molar-refractivity contribution in [3.8, 4) is 0 Å². The van der Waals surface area contributed by atoms with E-state index in [0.29, 0.717) is 11.2 Å². The highest BCUT2D eigenvalue weighted by Gasteiger charge is 2.16. The van der Waals surface area contributed by atoms with Crippen LogP contribution in [0.2, 0.25) is 0 Å². The highest BCUT2D eigenvalue weighted by molar-refractivity contribution is 7.92. The van der Waals surface area contributed by atoms with Crippen LogP contribution in [0.5, 0.6) is 0 Å². The van der Waals surface area contributed by atoms with E-state index in [1.54, 1.807) is 30.3 Å². The molecule has 0 atom stereocenters. The summed E-state index contributed by atoms with van der Waals surface area (Å²) in [4.78, 5) is 4.92. The van der Waals surface area contributed by atoms with Crippen molar-refractivity contribution in [1.29, 1.82) is 0 Å². The summed E-state index contributed by atoms with van der Waals surface area (Å²) in [7, 11) is -3.66. The standard InChI is InChI=1S/C21H22N2O2S/c1-3-4-5-8-18-13-12-17-7-6-9-20(21(17)22-18)23-26(24,25)19-14-10-16(2)11-15-19/h3,6-7,9-15,23H,1,4-5,8H2,2H3. The Bertz CT molecular complexity index is 1030. The summed E-state index contributed by atoms with van der Waals surface area (Å²) in [5, 5.41) is 0.904. The number of rotatable bonds is 7. The lowest BCUT2D eigenvalue weighted by Crippen LogP contribution is -2.13. The third-order valence-electron chi connectivity index (χ3n) is 4.19. The van der Waals surface area contributed by atoms with E-state index in [2.05, 4.69) is 16.3 Å². The summed E-state index contributed by atoms with van der Waals surface area (Å²) >= 11 is 0. The van der Waals surface area contributed by atoms with Crippen LogP contribution in [0.4, 0.5) is 5.69 Å². The maximum absolute atomic E-state index is 12.7. The molecule has 0 bridgehead atoms. The van der Waals surface area contributed by atoms with E-state index >= 15 is 0 Å². The fourth-order valence-corrected chi connectivity index (χ4v) is 3.82. The summed E-state index contributed by atoms with van der Waals surface area (Å²) in [5.41, 5.74) is 3.12. The Labute approximate surface area is 154 Å². The van der Waals surface area contributed by atoms with Gasteiger partial charge in [0.2, 0.25) is 0 Å². The third kappa shape index (κ3) is 4.11. The number of nitrogens with zero attached hydrogens (tertiary/aromatic N) is 1. The number of anilines is 1. The Hall–Kier alpha value is -2.66. The van der Waals surface area contributed by atoms with E-state index in [1.807, 2.05) is 37.3 Å². The van der Waals surface area contributed by atoms with Crippen molar-refractivity contribution in [1.82, 2.24) is 4.98 Å². The molecule has 0 unspecified atom stereocenters. The van der Waals surface area contributed by atoms with E-state index in [-0.39, 0.29) is 4.90 Å². The van der Waals surface area contributed by atoms with E-state index in [1.165, 1.54) is 0 Å². The fraction of sp³-hybridized carbons (Fsp3) is 0.190. The van der Waals surface area contributed by atoms with Crippen molar-refractivity contribution >= 4 is 26.6 Å². The number of pyridine rings is 1. The number of nitrogens with one attached hydrogen (secondary N) is 1. The molecule has 26 heavy (non-hydrogen) atoms. The topological polar surface area (TPSA) is 59.1 Å². The Morgan fingerprint density at radius 2 is 1.85 bits per heavy atom. The number of allylic oxidation sites excluding steroid dienone is 1. The Morgan fingerprint density at radius 3 is 2.58 bits per heavy atom. The number of aryl methyl sites for hydroxylation is 2. The minimum atomic E-state index is -3.66. The molecule has 0 spiro atoms. The minimum absolute atomic E-state index is 0.238. The summed E-state index contributed by atoms with van der Waals surface area (Å²) in [6.07, 6.45) is 4.63. The first-order chi connectivity index (χ1) is 12.5. The molecule has 0 aliphatic carbocycles. The number of fused-ring (bicyclic) bond motifs is 1. The SMILES string of the molecule is C=CCCCc1ccc2cccc(NS(=O)(=O)c3ccc(C)cc3)c2n1. The lowest BCUT2D eigenvalue weighted by molar-refractivity contribution is 0.601. The first-order valence-electron chi connectivity index (χ1n) is 8.58. The average molecular weight is 366 g/mol. The van der Waals surface area contributed by atoms with Crippen LogP contribution in [0.3, 0.4) is 0 Å². The van der Waals surface area contributed by atoms with Crippen molar-refractivity contribution in [3.05, 3.63) is 78.5 Å². The second-order valence-electron chi connectivity index (χ2n) is 6.28. The maximum atomic E-state index is 12.7. The number of sulfonamides is 1. The lowest BCUT2D eigenvalue weighted by Gasteiger charge is -2.11. The minimum Gasteiger partial charge on any atom is -0.277 e.